The molecule has 1 N–H and O–H groups in total. The summed E-state index contributed by atoms with van der Waals surface area (Å²) in [4.78, 5) is 18.2. The van der Waals surface area contributed by atoms with Gasteiger partial charge in [-0.05, 0) is 32.4 Å². The summed E-state index contributed by atoms with van der Waals surface area (Å²) in [5.41, 5.74) is 1.12. The van der Waals surface area contributed by atoms with E-state index in [4.69, 9.17) is 5.11 Å². The van der Waals surface area contributed by atoms with Gasteiger partial charge in [0, 0.05) is 32.1 Å². The van der Waals surface area contributed by atoms with Gasteiger partial charge in [0.1, 0.15) is 5.82 Å². The lowest BCUT2D eigenvalue weighted by atomic mass is 9.98. The zero-order valence-corrected chi connectivity index (χ0v) is 11.9. The topological polar surface area (TPSA) is 58.4 Å². The van der Waals surface area contributed by atoms with Crippen molar-refractivity contribution in [3.8, 4) is 0 Å². The van der Waals surface area contributed by atoms with E-state index in [2.05, 4.69) is 20.6 Å². The number of nitrogens with zero attached hydrogens (tertiary/aromatic N) is 3. The molecule has 1 unspecified atom stereocenters. The summed E-state index contributed by atoms with van der Waals surface area (Å²) in [6.07, 6.45) is 8.42. The number of aryl methyl sites for hydroxylation is 1. The maximum Gasteiger partial charge on any atom is 0.307 e. The first kappa shape index (κ1) is 13.6. The first-order valence-corrected chi connectivity index (χ1v) is 7.72. The first-order valence-electron chi connectivity index (χ1n) is 7.72. The average molecular weight is 277 g/mol. The second-order valence-corrected chi connectivity index (χ2v) is 6.02. The summed E-state index contributed by atoms with van der Waals surface area (Å²) in [6, 6.07) is 0. The Kier molecular flexibility index (Phi) is 4.05. The molecule has 2 aliphatic heterocycles. The van der Waals surface area contributed by atoms with Gasteiger partial charge in [-0.15, -0.1) is 0 Å². The van der Waals surface area contributed by atoms with Crippen LogP contribution in [0.5, 0.6) is 0 Å². The highest BCUT2D eigenvalue weighted by Crippen LogP contribution is 2.21. The Morgan fingerprint density at radius 3 is 2.85 bits per heavy atom. The van der Waals surface area contributed by atoms with Crippen LogP contribution in [0.15, 0.2) is 6.20 Å². The lowest BCUT2D eigenvalue weighted by Gasteiger charge is -2.25. The molecular weight excluding hydrogens is 254 g/mol. The van der Waals surface area contributed by atoms with Gasteiger partial charge in [0.05, 0.1) is 11.6 Å². The lowest BCUT2D eigenvalue weighted by Crippen LogP contribution is -2.31. The average Bonchev–Trinajstić information content (AvgIpc) is 2.88. The summed E-state index contributed by atoms with van der Waals surface area (Å²) >= 11 is 0. The van der Waals surface area contributed by atoms with E-state index >= 15 is 0 Å². The van der Waals surface area contributed by atoms with Crippen LogP contribution in [0.2, 0.25) is 0 Å². The minimum Gasteiger partial charge on any atom is -0.481 e. The van der Waals surface area contributed by atoms with Crippen molar-refractivity contribution in [1.29, 1.82) is 0 Å². The maximum absolute atomic E-state index is 11.1. The maximum atomic E-state index is 11.1. The smallest absolute Gasteiger partial charge is 0.307 e. The molecule has 1 fully saturated rings. The Morgan fingerprint density at radius 2 is 2.10 bits per heavy atom. The van der Waals surface area contributed by atoms with Crippen molar-refractivity contribution in [1.82, 2.24) is 14.5 Å². The van der Waals surface area contributed by atoms with Crippen LogP contribution >= 0.6 is 0 Å². The molecule has 0 bridgehead atoms. The summed E-state index contributed by atoms with van der Waals surface area (Å²) in [6.45, 7) is 4.31. The summed E-state index contributed by atoms with van der Waals surface area (Å²) in [7, 11) is 0. The monoisotopic (exact) mass is 277 g/mol. The number of carbonyl (C=O) groups is 1. The predicted octanol–water partition coefficient (Wildman–Crippen LogP) is 1.56. The van der Waals surface area contributed by atoms with Crippen LogP contribution in [-0.2, 0) is 24.2 Å². The van der Waals surface area contributed by atoms with Crippen LogP contribution in [0.1, 0.15) is 37.2 Å². The Labute approximate surface area is 119 Å². The Bertz CT molecular complexity index is 477. The van der Waals surface area contributed by atoms with E-state index in [1.807, 2.05) is 0 Å². The molecule has 1 atom stereocenters. The second kappa shape index (κ2) is 5.95. The molecule has 1 aromatic rings. The number of aromatic nitrogens is 2. The van der Waals surface area contributed by atoms with Gasteiger partial charge in [0.2, 0.25) is 0 Å². The second-order valence-electron chi connectivity index (χ2n) is 6.02. The van der Waals surface area contributed by atoms with Gasteiger partial charge in [-0.1, -0.05) is 6.42 Å². The van der Waals surface area contributed by atoms with E-state index in [1.54, 1.807) is 0 Å². The zero-order valence-electron chi connectivity index (χ0n) is 11.9. The van der Waals surface area contributed by atoms with Gasteiger partial charge in [0.25, 0.3) is 0 Å². The fourth-order valence-electron chi connectivity index (χ4n) is 3.27. The van der Waals surface area contributed by atoms with Crippen molar-refractivity contribution in [2.45, 2.75) is 45.1 Å². The minimum atomic E-state index is -0.686. The molecule has 0 aromatic carbocycles. The molecule has 1 saturated heterocycles. The SMILES string of the molecule is O=C(O)C1CCn2cc(CCN3CCCCC3)nc2C1. The van der Waals surface area contributed by atoms with Gasteiger partial charge in [-0.3, -0.25) is 4.79 Å². The van der Waals surface area contributed by atoms with Crippen LogP contribution in [0.4, 0.5) is 0 Å². The lowest BCUT2D eigenvalue weighted by molar-refractivity contribution is -0.142. The van der Waals surface area contributed by atoms with E-state index in [1.165, 1.54) is 32.4 Å². The molecule has 20 heavy (non-hydrogen) atoms. The highest BCUT2D eigenvalue weighted by Gasteiger charge is 2.25. The molecule has 5 heteroatoms. The molecule has 0 saturated carbocycles. The summed E-state index contributed by atoms with van der Waals surface area (Å²) < 4.78 is 2.14. The molecule has 2 aliphatic rings. The minimum absolute atomic E-state index is 0.250. The Balaban J connectivity index is 1.57. The number of hydrogen-bond acceptors (Lipinski definition) is 3. The van der Waals surface area contributed by atoms with Crippen LogP contribution < -0.4 is 0 Å². The fourth-order valence-corrected chi connectivity index (χ4v) is 3.27. The van der Waals surface area contributed by atoms with Crippen LogP contribution in [0.25, 0.3) is 0 Å². The van der Waals surface area contributed by atoms with Gasteiger partial charge < -0.3 is 14.6 Å². The largest absolute Gasteiger partial charge is 0.481 e. The van der Waals surface area contributed by atoms with Gasteiger partial charge in [-0.25, -0.2) is 4.98 Å². The molecule has 0 amide bonds. The number of hydrogen-bond donors (Lipinski definition) is 1. The van der Waals surface area contributed by atoms with Gasteiger partial charge >= 0.3 is 5.97 Å². The number of likely N-dealkylation sites (tertiary alicyclic amines) is 1. The molecule has 0 spiro atoms. The molecule has 1 aromatic heterocycles. The normalized spacial score (nSPS) is 23.5. The van der Waals surface area contributed by atoms with Gasteiger partial charge in [0.15, 0.2) is 0 Å². The predicted molar refractivity (Wildman–Crippen MR) is 75.7 cm³/mol. The van der Waals surface area contributed by atoms with Crippen LogP contribution in [-0.4, -0.2) is 45.2 Å². The Morgan fingerprint density at radius 1 is 1.30 bits per heavy atom. The molecule has 0 aliphatic carbocycles. The summed E-state index contributed by atoms with van der Waals surface area (Å²) in [5, 5.41) is 9.10. The molecule has 3 rings (SSSR count). The van der Waals surface area contributed by atoms with Crippen LogP contribution in [0.3, 0.4) is 0 Å². The number of carboxylic acid groups (broad SMARTS) is 1. The van der Waals surface area contributed by atoms with Crippen LogP contribution in [0, 0.1) is 5.92 Å². The van der Waals surface area contributed by atoms with E-state index in [0.717, 1.165) is 37.4 Å². The van der Waals surface area contributed by atoms with Crippen molar-refractivity contribution < 1.29 is 9.90 Å². The number of aliphatic carboxylic acids is 1. The third-order valence-electron chi connectivity index (χ3n) is 4.54. The van der Waals surface area contributed by atoms with E-state index in [0.29, 0.717) is 6.42 Å². The molecule has 0 radical (unpaired) electrons. The number of rotatable bonds is 4. The number of carboxylic acids is 1. The molecule has 5 nitrogen and oxygen atoms in total. The summed E-state index contributed by atoms with van der Waals surface area (Å²) in [5.74, 6) is 0.0197. The highest BCUT2D eigenvalue weighted by atomic mass is 16.4. The molecule has 3 heterocycles. The van der Waals surface area contributed by atoms with Crippen molar-refractivity contribution in [3.63, 3.8) is 0 Å². The highest BCUT2D eigenvalue weighted by molar-refractivity contribution is 5.70. The van der Waals surface area contributed by atoms with Gasteiger partial charge in [-0.2, -0.15) is 0 Å². The van der Waals surface area contributed by atoms with Crippen molar-refractivity contribution >= 4 is 5.97 Å². The number of fused-ring (bicyclic) bond motifs is 1. The quantitative estimate of drug-likeness (QED) is 0.907. The van der Waals surface area contributed by atoms with Crippen molar-refractivity contribution in [3.05, 3.63) is 17.7 Å². The number of piperidine rings is 1. The standard InChI is InChI=1S/C15H23N3O2/c19-15(20)12-4-9-18-11-13(16-14(18)10-12)5-8-17-6-2-1-3-7-17/h11-12H,1-10H2,(H,19,20). The molecular formula is C15H23N3O2. The molecule has 110 valence electrons. The number of imidazole rings is 1. The van der Waals surface area contributed by atoms with E-state index in [9.17, 15) is 4.79 Å². The van der Waals surface area contributed by atoms with Crippen molar-refractivity contribution in [2.75, 3.05) is 19.6 Å². The third-order valence-corrected chi connectivity index (χ3v) is 4.54. The van der Waals surface area contributed by atoms with E-state index < -0.39 is 5.97 Å². The third kappa shape index (κ3) is 3.03. The van der Waals surface area contributed by atoms with E-state index in [-0.39, 0.29) is 5.92 Å². The Hall–Kier alpha value is -1.36. The fraction of sp³-hybridized carbons (Fsp3) is 0.733. The first-order chi connectivity index (χ1) is 9.72. The zero-order chi connectivity index (χ0) is 13.9. The van der Waals surface area contributed by atoms with Crippen molar-refractivity contribution in [2.24, 2.45) is 5.92 Å².